The molecule has 298 valence electrons. The molecule has 4 saturated carbocycles. The lowest BCUT2D eigenvalue weighted by atomic mass is 9.42. The van der Waals surface area contributed by atoms with E-state index in [1.54, 1.807) is 20.8 Å². The minimum Gasteiger partial charge on any atom is -0.481 e. The normalized spacial score (nSPS) is 56.7. The molecule has 0 aromatic rings. The van der Waals surface area contributed by atoms with E-state index >= 15 is 0 Å². The summed E-state index contributed by atoms with van der Waals surface area (Å²) in [6.45, 7) is 9.30. The van der Waals surface area contributed by atoms with E-state index < -0.39 is 103 Å². The maximum absolute atomic E-state index is 12.2. The van der Waals surface area contributed by atoms with Crippen LogP contribution in [0, 0.1) is 34.5 Å². The van der Waals surface area contributed by atoms with Gasteiger partial charge in [0.1, 0.15) is 18.3 Å². The molecular weight excluding hydrogens is 680 g/mol. The van der Waals surface area contributed by atoms with Gasteiger partial charge in [-0.25, -0.2) is 0 Å². The number of carboxylic acid groups (broad SMARTS) is 1. The van der Waals surface area contributed by atoms with Crippen LogP contribution in [0.5, 0.6) is 0 Å². The van der Waals surface area contributed by atoms with Crippen LogP contribution in [-0.2, 0) is 33.2 Å². The number of aliphatic hydroxyl groups is 6. The Bertz CT molecular complexity index is 1250. The third-order valence-electron chi connectivity index (χ3n) is 15.1. The molecular formula is C38H62O14. The van der Waals surface area contributed by atoms with E-state index in [0.717, 1.165) is 32.1 Å². The molecule has 3 unspecified atom stereocenters. The van der Waals surface area contributed by atoms with Crippen LogP contribution in [0.15, 0.2) is 0 Å². The second-order valence-corrected chi connectivity index (χ2v) is 17.8. The highest BCUT2D eigenvalue weighted by Crippen LogP contribution is 2.69. The number of fused-ring (bicyclic) bond motifs is 5. The second kappa shape index (κ2) is 14.5. The van der Waals surface area contributed by atoms with E-state index in [4.69, 9.17) is 28.4 Å². The third kappa shape index (κ3) is 6.58. The average molecular weight is 743 g/mol. The Balaban J connectivity index is 0.908. The van der Waals surface area contributed by atoms with Gasteiger partial charge in [0, 0.05) is 24.7 Å². The Kier molecular flexibility index (Phi) is 10.9. The Hall–Kier alpha value is -1.01. The highest BCUT2D eigenvalue weighted by atomic mass is 16.7. The molecule has 14 nitrogen and oxygen atoms in total. The van der Waals surface area contributed by atoms with Gasteiger partial charge in [-0.3, -0.25) is 4.79 Å². The number of aliphatic carboxylic acids is 1. The Morgan fingerprint density at radius 2 is 1.21 bits per heavy atom. The van der Waals surface area contributed by atoms with E-state index in [9.17, 15) is 40.5 Å². The SMILES string of the molecule is C[C@H]1OC(O[C@H]2[C@@H](O)CC(O[C@H]3[C@@H](O)CC(O[C@H]4CC[C@@]5(C)[C@H](CC[C@@H]6[C@@H]5C[C@@H](O)[C@]5(C)[C@@H](C(=O)O)CC[C@]65O)C4)O[C@@H]3C)O[C@@H]2C)C[C@H](O)[C@@H]1O. The van der Waals surface area contributed by atoms with Gasteiger partial charge < -0.3 is 64.2 Å². The predicted molar refractivity (Wildman–Crippen MR) is 181 cm³/mol. The fraction of sp³-hybridized carbons (Fsp3) is 0.974. The van der Waals surface area contributed by atoms with Crippen molar-refractivity contribution >= 4 is 5.97 Å². The molecule has 7 aliphatic rings. The summed E-state index contributed by atoms with van der Waals surface area (Å²) in [4.78, 5) is 12.2. The molecule has 0 aromatic carbocycles. The number of hydrogen-bond acceptors (Lipinski definition) is 13. The first-order chi connectivity index (χ1) is 24.5. The molecule has 4 aliphatic carbocycles. The largest absolute Gasteiger partial charge is 0.481 e. The first-order valence-electron chi connectivity index (χ1n) is 19.7. The van der Waals surface area contributed by atoms with Crippen LogP contribution in [0.25, 0.3) is 0 Å². The van der Waals surface area contributed by atoms with Crippen molar-refractivity contribution in [2.24, 2.45) is 34.5 Å². The lowest BCUT2D eigenvalue weighted by Crippen LogP contribution is -2.67. The van der Waals surface area contributed by atoms with Gasteiger partial charge in [0.2, 0.25) is 0 Å². The summed E-state index contributed by atoms with van der Waals surface area (Å²) in [6, 6.07) is 0. The highest BCUT2D eigenvalue weighted by molar-refractivity contribution is 5.72. The van der Waals surface area contributed by atoms with E-state index in [2.05, 4.69) is 6.92 Å². The fourth-order valence-corrected chi connectivity index (χ4v) is 12.0. The van der Waals surface area contributed by atoms with Crippen LogP contribution in [0.3, 0.4) is 0 Å². The summed E-state index contributed by atoms with van der Waals surface area (Å²) in [5.74, 6) is -1.32. The van der Waals surface area contributed by atoms with Crippen molar-refractivity contribution in [2.45, 2.75) is 197 Å². The third-order valence-corrected chi connectivity index (χ3v) is 15.1. The van der Waals surface area contributed by atoms with E-state index in [1.165, 1.54) is 0 Å². The van der Waals surface area contributed by atoms with E-state index in [0.29, 0.717) is 25.2 Å². The van der Waals surface area contributed by atoms with Crippen LogP contribution >= 0.6 is 0 Å². The molecule has 7 rings (SSSR count). The van der Waals surface area contributed by atoms with Crippen molar-refractivity contribution in [2.75, 3.05) is 0 Å². The maximum Gasteiger partial charge on any atom is 0.307 e. The molecule has 0 bridgehead atoms. The van der Waals surface area contributed by atoms with E-state index in [1.807, 2.05) is 6.92 Å². The van der Waals surface area contributed by atoms with Gasteiger partial charge >= 0.3 is 5.97 Å². The first kappa shape index (κ1) is 39.2. The quantitative estimate of drug-likeness (QED) is 0.186. The van der Waals surface area contributed by atoms with Gasteiger partial charge in [0.05, 0.1) is 60.4 Å². The topological polar surface area (TPSA) is 214 Å². The predicted octanol–water partition coefficient (Wildman–Crippen LogP) is 1.82. The summed E-state index contributed by atoms with van der Waals surface area (Å²) >= 11 is 0. The zero-order chi connectivity index (χ0) is 37.5. The maximum atomic E-state index is 12.2. The summed E-state index contributed by atoms with van der Waals surface area (Å²) in [7, 11) is 0. The van der Waals surface area contributed by atoms with Gasteiger partial charge in [0.15, 0.2) is 18.9 Å². The number of hydrogen-bond donors (Lipinski definition) is 7. The van der Waals surface area contributed by atoms with Crippen molar-refractivity contribution in [1.82, 2.24) is 0 Å². The number of carbonyl (C=O) groups is 1. The Labute approximate surface area is 306 Å². The van der Waals surface area contributed by atoms with Crippen molar-refractivity contribution in [3.63, 3.8) is 0 Å². The standard InChI is InChI=1S/C38H62O14/c1-17-32(43)25(39)14-30(47-17)51-34-19(3)49-31(16-27(34)41)52-33-18(2)48-29(15-26(33)40)50-21-8-10-36(4)20(12-21)6-7-22-24(36)13-28(42)37(5)23(35(44)45)9-11-38(22,37)46/h17-34,39-43,46H,6-16H2,1-5H3,(H,44,45)/t17-,18-,19-,20-,21+,22-,23-,24+,25+,26+,27+,28-,29?,30?,31?,32-,33-,34-,36+,37+,38+/m1/s1. The minimum absolute atomic E-state index is 0.0482. The van der Waals surface area contributed by atoms with Gasteiger partial charge in [-0.15, -0.1) is 0 Å². The molecule has 0 spiro atoms. The molecule has 3 saturated heterocycles. The lowest BCUT2D eigenvalue weighted by Gasteiger charge is -2.64. The molecule has 0 radical (unpaired) electrons. The number of ether oxygens (including phenoxy) is 6. The second-order valence-electron chi connectivity index (χ2n) is 17.8. The Morgan fingerprint density at radius 3 is 1.77 bits per heavy atom. The minimum atomic E-state index is -1.20. The van der Waals surface area contributed by atoms with Crippen LogP contribution in [0.4, 0.5) is 0 Å². The monoisotopic (exact) mass is 742 g/mol. The van der Waals surface area contributed by atoms with Crippen molar-refractivity contribution in [3.05, 3.63) is 0 Å². The number of aliphatic hydroxyl groups excluding tert-OH is 5. The van der Waals surface area contributed by atoms with Crippen molar-refractivity contribution < 1.29 is 69.0 Å². The van der Waals surface area contributed by atoms with Crippen molar-refractivity contribution in [1.29, 1.82) is 0 Å². The van der Waals surface area contributed by atoms with E-state index in [-0.39, 0.29) is 42.6 Å². The van der Waals surface area contributed by atoms with Gasteiger partial charge in [-0.2, -0.15) is 0 Å². The molecule has 3 aliphatic heterocycles. The van der Waals surface area contributed by atoms with Gasteiger partial charge in [-0.1, -0.05) is 13.8 Å². The number of carboxylic acids is 1. The summed E-state index contributed by atoms with van der Waals surface area (Å²) in [6.07, 6.45) is -4.42. The van der Waals surface area contributed by atoms with Crippen LogP contribution in [-0.4, -0.2) is 133 Å². The highest BCUT2D eigenvalue weighted by Gasteiger charge is 2.71. The smallest absolute Gasteiger partial charge is 0.307 e. The first-order valence-corrected chi connectivity index (χ1v) is 19.7. The summed E-state index contributed by atoms with van der Waals surface area (Å²) in [5.41, 5.74) is -2.37. The molecule has 52 heavy (non-hydrogen) atoms. The van der Waals surface area contributed by atoms with Crippen molar-refractivity contribution in [3.8, 4) is 0 Å². The average Bonchev–Trinajstić information content (AvgIpc) is 3.36. The molecule has 14 heteroatoms. The Morgan fingerprint density at radius 1 is 0.654 bits per heavy atom. The molecule has 7 N–H and O–H groups in total. The van der Waals surface area contributed by atoms with Gasteiger partial charge in [-0.05, 0) is 95.3 Å². The number of rotatable bonds is 7. The zero-order valence-electron chi connectivity index (χ0n) is 31.2. The summed E-state index contributed by atoms with van der Waals surface area (Å²) in [5, 5.41) is 75.9. The zero-order valence-corrected chi connectivity index (χ0v) is 31.2. The van der Waals surface area contributed by atoms with Crippen LogP contribution in [0.2, 0.25) is 0 Å². The van der Waals surface area contributed by atoms with Gasteiger partial charge in [0.25, 0.3) is 0 Å². The fourth-order valence-electron chi connectivity index (χ4n) is 12.0. The molecule has 0 aromatic heterocycles. The lowest BCUT2D eigenvalue weighted by molar-refractivity contribution is -0.336. The van der Waals surface area contributed by atoms with Crippen LogP contribution < -0.4 is 0 Å². The molecule has 3 heterocycles. The summed E-state index contributed by atoms with van der Waals surface area (Å²) < 4.78 is 36.6. The molecule has 21 atom stereocenters. The molecule has 7 fully saturated rings. The van der Waals surface area contributed by atoms with Crippen LogP contribution in [0.1, 0.15) is 105 Å². The molecule has 0 amide bonds.